The molecule has 0 saturated carbocycles. The van der Waals surface area contributed by atoms with Gasteiger partial charge in [-0.2, -0.15) is 0 Å². The lowest BCUT2D eigenvalue weighted by atomic mass is 10.1. The maximum absolute atomic E-state index is 12.5. The molecule has 2 saturated heterocycles. The van der Waals surface area contributed by atoms with E-state index in [1.54, 1.807) is 0 Å². The molecule has 2 aliphatic heterocycles. The van der Waals surface area contributed by atoms with Crippen molar-refractivity contribution in [2.45, 2.75) is 57.6 Å². The van der Waals surface area contributed by atoms with Gasteiger partial charge in [0.25, 0.3) is 0 Å². The van der Waals surface area contributed by atoms with Gasteiger partial charge in [-0.3, -0.25) is 9.69 Å². The standard InChI is InChI=1S/C14H26N2O2/c1-12(15-10-6-13(17)7-11-15)14(18)16-8-4-2-3-5-9-16/h12-13,17H,2-11H2,1H3. The maximum atomic E-state index is 12.5. The summed E-state index contributed by atoms with van der Waals surface area (Å²) >= 11 is 0. The van der Waals surface area contributed by atoms with Crippen molar-refractivity contribution in [2.75, 3.05) is 26.2 Å². The molecular weight excluding hydrogens is 228 g/mol. The largest absolute Gasteiger partial charge is 0.393 e. The third kappa shape index (κ3) is 3.45. The molecule has 0 aromatic carbocycles. The molecule has 2 heterocycles. The number of hydrogen-bond acceptors (Lipinski definition) is 3. The van der Waals surface area contributed by atoms with Gasteiger partial charge in [0.1, 0.15) is 0 Å². The summed E-state index contributed by atoms with van der Waals surface area (Å²) < 4.78 is 0. The van der Waals surface area contributed by atoms with Crippen molar-refractivity contribution in [3.63, 3.8) is 0 Å². The first-order chi connectivity index (χ1) is 8.68. The van der Waals surface area contributed by atoms with Gasteiger partial charge in [-0.25, -0.2) is 0 Å². The number of piperidine rings is 1. The normalized spacial score (nSPS) is 25.8. The highest BCUT2D eigenvalue weighted by atomic mass is 16.3. The van der Waals surface area contributed by atoms with Crippen LogP contribution in [-0.2, 0) is 4.79 Å². The average Bonchev–Trinajstić information content (AvgIpc) is 2.67. The lowest BCUT2D eigenvalue weighted by Gasteiger charge is -2.36. The van der Waals surface area contributed by atoms with Crippen LogP contribution in [-0.4, -0.2) is 59.1 Å². The van der Waals surface area contributed by atoms with Gasteiger partial charge in [0.15, 0.2) is 0 Å². The summed E-state index contributed by atoms with van der Waals surface area (Å²) in [5.74, 6) is 0.285. The van der Waals surface area contributed by atoms with Gasteiger partial charge in [-0.1, -0.05) is 12.8 Å². The summed E-state index contributed by atoms with van der Waals surface area (Å²) in [7, 11) is 0. The number of likely N-dealkylation sites (tertiary alicyclic amines) is 2. The Balaban J connectivity index is 1.87. The molecule has 1 atom stereocenters. The molecule has 2 aliphatic rings. The van der Waals surface area contributed by atoms with Gasteiger partial charge in [0, 0.05) is 26.2 Å². The molecule has 4 heteroatoms. The predicted octanol–water partition coefficient (Wildman–Crippen LogP) is 1.23. The fourth-order valence-corrected chi connectivity index (χ4v) is 2.98. The van der Waals surface area contributed by atoms with E-state index in [0.717, 1.165) is 51.9 Å². The van der Waals surface area contributed by atoms with Gasteiger partial charge in [-0.15, -0.1) is 0 Å². The fourth-order valence-electron chi connectivity index (χ4n) is 2.98. The Morgan fingerprint density at radius 1 is 1.06 bits per heavy atom. The first kappa shape index (κ1) is 13.8. The van der Waals surface area contributed by atoms with Crippen LogP contribution in [0, 0.1) is 0 Å². The van der Waals surface area contributed by atoms with Gasteiger partial charge in [0.05, 0.1) is 12.1 Å². The summed E-state index contributed by atoms with van der Waals surface area (Å²) in [6.45, 7) is 5.58. The van der Waals surface area contributed by atoms with E-state index < -0.39 is 0 Å². The molecule has 1 N–H and O–H groups in total. The third-order valence-corrected chi connectivity index (χ3v) is 4.32. The number of carbonyl (C=O) groups excluding carboxylic acids is 1. The Hall–Kier alpha value is -0.610. The molecule has 2 rings (SSSR count). The maximum Gasteiger partial charge on any atom is 0.239 e. The molecule has 0 aromatic rings. The van der Waals surface area contributed by atoms with Crippen LogP contribution in [0.25, 0.3) is 0 Å². The van der Waals surface area contributed by atoms with Gasteiger partial charge < -0.3 is 10.0 Å². The Morgan fingerprint density at radius 3 is 2.17 bits per heavy atom. The lowest BCUT2D eigenvalue weighted by Crippen LogP contribution is -2.50. The number of amides is 1. The predicted molar refractivity (Wildman–Crippen MR) is 71.3 cm³/mol. The molecule has 4 nitrogen and oxygen atoms in total. The second kappa shape index (κ2) is 6.53. The van der Waals surface area contributed by atoms with Crippen molar-refractivity contribution < 1.29 is 9.90 Å². The SMILES string of the molecule is CC(C(=O)N1CCCCCC1)N1CCC(O)CC1. The summed E-state index contributed by atoms with van der Waals surface area (Å²) in [5.41, 5.74) is 0. The van der Waals surface area contributed by atoms with Crippen molar-refractivity contribution in [2.24, 2.45) is 0 Å². The zero-order valence-corrected chi connectivity index (χ0v) is 11.5. The van der Waals surface area contributed by atoms with Crippen molar-refractivity contribution in [3.8, 4) is 0 Å². The van der Waals surface area contributed by atoms with Crippen LogP contribution in [0.3, 0.4) is 0 Å². The molecule has 18 heavy (non-hydrogen) atoms. The number of carbonyl (C=O) groups is 1. The van der Waals surface area contributed by atoms with E-state index in [4.69, 9.17) is 0 Å². The van der Waals surface area contributed by atoms with Crippen molar-refractivity contribution in [3.05, 3.63) is 0 Å². The molecule has 2 fully saturated rings. The second-order valence-corrected chi connectivity index (χ2v) is 5.68. The van der Waals surface area contributed by atoms with E-state index in [1.807, 2.05) is 11.8 Å². The number of hydrogen-bond donors (Lipinski definition) is 1. The molecule has 0 aromatic heterocycles. The van der Waals surface area contributed by atoms with Gasteiger partial charge in [-0.05, 0) is 32.6 Å². The minimum Gasteiger partial charge on any atom is -0.393 e. The first-order valence-corrected chi connectivity index (χ1v) is 7.39. The average molecular weight is 254 g/mol. The first-order valence-electron chi connectivity index (χ1n) is 7.39. The lowest BCUT2D eigenvalue weighted by molar-refractivity contribution is -0.137. The summed E-state index contributed by atoms with van der Waals surface area (Å²) in [6.07, 6.45) is 6.26. The van der Waals surface area contributed by atoms with Crippen LogP contribution >= 0.6 is 0 Å². The quantitative estimate of drug-likeness (QED) is 0.806. The molecule has 0 aliphatic carbocycles. The molecule has 0 spiro atoms. The second-order valence-electron chi connectivity index (χ2n) is 5.68. The zero-order chi connectivity index (χ0) is 13.0. The van der Waals surface area contributed by atoms with Gasteiger partial charge in [0.2, 0.25) is 5.91 Å². The summed E-state index contributed by atoms with van der Waals surface area (Å²) in [4.78, 5) is 16.7. The van der Waals surface area contributed by atoms with Crippen LogP contribution in [0.5, 0.6) is 0 Å². The van der Waals surface area contributed by atoms with Crippen LogP contribution in [0.4, 0.5) is 0 Å². The minimum atomic E-state index is -0.165. The minimum absolute atomic E-state index is 0.0180. The van der Waals surface area contributed by atoms with Crippen LogP contribution in [0.15, 0.2) is 0 Å². The molecule has 0 bridgehead atoms. The third-order valence-electron chi connectivity index (χ3n) is 4.32. The number of nitrogens with zero attached hydrogens (tertiary/aromatic N) is 2. The molecule has 1 unspecified atom stereocenters. The highest BCUT2D eigenvalue weighted by molar-refractivity contribution is 5.81. The van der Waals surface area contributed by atoms with E-state index in [1.165, 1.54) is 12.8 Å². The summed E-state index contributed by atoms with van der Waals surface area (Å²) in [5, 5.41) is 9.51. The Labute approximate surface area is 110 Å². The molecule has 1 amide bonds. The highest BCUT2D eigenvalue weighted by Gasteiger charge is 2.28. The monoisotopic (exact) mass is 254 g/mol. The number of rotatable bonds is 2. The van der Waals surface area contributed by atoms with Gasteiger partial charge >= 0.3 is 0 Å². The molecular formula is C14H26N2O2. The Kier molecular flexibility index (Phi) is 5.01. The van der Waals surface area contributed by atoms with Crippen LogP contribution in [0.2, 0.25) is 0 Å². The Morgan fingerprint density at radius 2 is 1.61 bits per heavy atom. The highest BCUT2D eigenvalue weighted by Crippen LogP contribution is 2.16. The number of aliphatic hydroxyl groups excluding tert-OH is 1. The van der Waals surface area contributed by atoms with E-state index in [9.17, 15) is 9.90 Å². The van der Waals surface area contributed by atoms with Crippen molar-refractivity contribution in [1.29, 1.82) is 0 Å². The van der Waals surface area contributed by atoms with Crippen molar-refractivity contribution in [1.82, 2.24) is 9.80 Å². The fraction of sp³-hybridized carbons (Fsp3) is 0.929. The molecule has 0 radical (unpaired) electrons. The molecule has 104 valence electrons. The van der Waals surface area contributed by atoms with E-state index in [-0.39, 0.29) is 18.1 Å². The summed E-state index contributed by atoms with van der Waals surface area (Å²) in [6, 6.07) is -0.0180. The van der Waals surface area contributed by atoms with E-state index in [2.05, 4.69) is 4.90 Å². The van der Waals surface area contributed by atoms with E-state index >= 15 is 0 Å². The topological polar surface area (TPSA) is 43.8 Å². The van der Waals surface area contributed by atoms with E-state index in [0.29, 0.717) is 0 Å². The smallest absolute Gasteiger partial charge is 0.239 e. The number of aliphatic hydroxyl groups is 1. The zero-order valence-electron chi connectivity index (χ0n) is 11.5. The van der Waals surface area contributed by atoms with Crippen LogP contribution in [0.1, 0.15) is 45.4 Å². The van der Waals surface area contributed by atoms with Crippen LogP contribution < -0.4 is 0 Å². The van der Waals surface area contributed by atoms with Crippen molar-refractivity contribution >= 4 is 5.91 Å². The Bertz CT molecular complexity index is 267.